The minimum absolute atomic E-state index is 0.242. The third kappa shape index (κ3) is 11.0. The predicted molar refractivity (Wildman–Crippen MR) is 88.1 cm³/mol. The van der Waals surface area contributed by atoms with Crippen LogP contribution in [0.3, 0.4) is 0 Å². The molecule has 0 aromatic carbocycles. The molecule has 2 rings (SSSR count). The fraction of sp³-hybridized carbons (Fsp3) is 0.688. The van der Waals surface area contributed by atoms with E-state index in [1.54, 1.807) is 0 Å². The molecular formula is C16H31N3O2. The van der Waals surface area contributed by atoms with Crippen LogP contribution < -0.4 is 11.1 Å². The highest BCUT2D eigenvalue weighted by Gasteiger charge is 2.16. The number of allylic oxidation sites excluding steroid dienone is 2. The van der Waals surface area contributed by atoms with Crippen LogP contribution >= 0.6 is 0 Å². The van der Waals surface area contributed by atoms with Crippen LogP contribution in [-0.4, -0.2) is 48.3 Å². The van der Waals surface area contributed by atoms with E-state index in [0.717, 1.165) is 38.8 Å². The Morgan fingerprint density at radius 2 is 1.86 bits per heavy atom. The number of rotatable bonds is 1. The van der Waals surface area contributed by atoms with E-state index in [-0.39, 0.29) is 6.10 Å². The van der Waals surface area contributed by atoms with Crippen molar-refractivity contribution in [1.29, 1.82) is 0 Å². The molecule has 1 heterocycles. The average Bonchev–Trinajstić information content (AvgIpc) is 2.72. The van der Waals surface area contributed by atoms with Crippen LogP contribution in [-0.2, 0) is 0 Å². The van der Waals surface area contributed by atoms with E-state index in [1.165, 1.54) is 0 Å². The van der Waals surface area contributed by atoms with Gasteiger partial charge < -0.3 is 21.1 Å². The summed E-state index contributed by atoms with van der Waals surface area (Å²) in [6.45, 7) is 6.09. The maximum Gasteiger partial charge on any atom is 0.312 e. The SMILES string of the molecule is CC.CN1CCC(NC(N)=O)CC1.OC1C=CCC=CC1. The van der Waals surface area contributed by atoms with Gasteiger partial charge in [0.15, 0.2) is 0 Å². The molecule has 122 valence electrons. The molecule has 1 fully saturated rings. The Morgan fingerprint density at radius 1 is 1.24 bits per heavy atom. The van der Waals surface area contributed by atoms with E-state index < -0.39 is 6.03 Å². The molecule has 0 aromatic rings. The smallest absolute Gasteiger partial charge is 0.312 e. The molecule has 1 aliphatic heterocycles. The first kappa shape index (κ1) is 19.7. The number of carbonyl (C=O) groups is 1. The molecule has 1 saturated heterocycles. The molecule has 5 heteroatoms. The van der Waals surface area contributed by atoms with Gasteiger partial charge in [-0.3, -0.25) is 0 Å². The minimum Gasteiger partial charge on any atom is -0.389 e. The quantitative estimate of drug-likeness (QED) is 0.648. The standard InChI is InChI=1S/C7H15N3O.C7H10O.C2H6/c1-10-4-2-6(3-5-10)9-7(8)11;8-7-5-3-1-2-4-6-7;1-2/h6H,2-5H2,1H3,(H3,8,9,11);1,3-4,6-8H,2,5H2;1-2H3. The number of nitrogens with zero attached hydrogens (tertiary/aromatic N) is 1. The molecule has 21 heavy (non-hydrogen) atoms. The molecule has 2 aliphatic rings. The number of aliphatic hydroxyl groups excluding tert-OH is 1. The van der Waals surface area contributed by atoms with E-state index in [4.69, 9.17) is 10.8 Å². The Balaban J connectivity index is 0.000000354. The lowest BCUT2D eigenvalue weighted by Crippen LogP contribution is -2.45. The fourth-order valence-corrected chi connectivity index (χ4v) is 2.08. The third-order valence-electron chi connectivity index (χ3n) is 3.24. The average molecular weight is 297 g/mol. The third-order valence-corrected chi connectivity index (χ3v) is 3.24. The van der Waals surface area contributed by atoms with Crippen LogP contribution in [0.1, 0.15) is 39.5 Å². The number of primary amides is 1. The number of likely N-dealkylation sites (tertiary alicyclic amines) is 1. The first-order valence-corrected chi connectivity index (χ1v) is 7.82. The lowest BCUT2D eigenvalue weighted by molar-refractivity contribution is 0.219. The van der Waals surface area contributed by atoms with Crippen LogP contribution in [0.15, 0.2) is 24.3 Å². The van der Waals surface area contributed by atoms with Crippen LogP contribution in [0, 0.1) is 0 Å². The van der Waals surface area contributed by atoms with Crippen molar-refractivity contribution < 1.29 is 9.90 Å². The van der Waals surface area contributed by atoms with Gasteiger partial charge >= 0.3 is 6.03 Å². The number of carbonyl (C=O) groups excluding carboxylic acids is 1. The van der Waals surface area contributed by atoms with Crippen molar-refractivity contribution in [3.05, 3.63) is 24.3 Å². The summed E-state index contributed by atoms with van der Waals surface area (Å²) in [6, 6.07) is -0.108. The van der Waals surface area contributed by atoms with Crippen molar-refractivity contribution in [1.82, 2.24) is 10.2 Å². The highest BCUT2D eigenvalue weighted by Crippen LogP contribution is 2.07. The van der Waals surface area contributed by atoms with Gasteiger partial charge in [-0.25, -0.2) is 4.79 Å². The summed E-state index contributed by atoms with van der Waals surface area (Å²) < 4.78 is 0. The van der Waals surface area contributed by atoms with Crippen LogP contribution in [0.4, 0.5) is 4.79 Å². The Labute approximate surface area is 128 Å². The summed E-state index contributed by atoms with van der Waals surface area (Å²) >= 11 is 0. The number of hydrogen-bond donors (Lipinski definition) is 3. The van der Waals surface area contributed by atoms with Crippen LogP contribution in [0.5, 0.6) is 0 Å². The normalized spacial score (nSPS) is 22.2. The molecule has 0 aromatic heterocycles. The molecular weight excluding hydrogens is 266 g/mol. The predicted octanol–water partition coefficient (Wildman–Crippen LogP) is 2.03. The van der Waals surface area contributed by atoms with E-state index in [2.05, 4.69) is 23.3 Å². The lowest BCUT2D eigenvalue weighted by atomic mass is 10.1. The van der Waals surface area contributed by atoms with Crippen LogP contribution in [0.25, 0.3) is 0 Å². The van der Waals surface area contributed by atoms with Gasteiger partial charge in [0.05, 0.1) is 6.10 Å². The van der Waals surface area contributed by atoms with E-state index in [0.29, 0.717) is 6.04 Å². The number of hydrogen-bond acceptors (Lipinski definition) is 3. The summed E-state index contributed by atoms with van der Waals surface area (Å²) in [4.78, 5) is 12.7. The van der Waals surface area contributed by atoms with E-state index in [1.807, 2.05) is 32.1 Å². The topological polar surface area (TPSA) is 78.6 Å². The first-order chi connectivity index (χ1) is 10.1. The Bertz CT molecular complexity index is 321. The minimum atomic E-state index is -0.403. The maximum absolute atomic E-state index is 10.4. The zero-order valence-electron chi connectivity index (χ0n) is 13.6. The van der Waals surface area contributed by atoms with Crippen molar-refractivity contribution in [3.63, 3.8) is 0 Å². The molecule has 0 saturated carbocycles. The number of nitrogens with two attached hydrogens (primary N) is 1. The lowest BCUT2D eigenvalue weighted by Gasteiger charge is -2.28. The van der Waals surface area contributed by atoms with Gasteiger partial charge in [0.1, 0.15) is 0 Å². The van der Waals surface area contributed by atoms with E-state index in [9.17, 15) is 4.79 Å². The van der Waals surface area contributed by atoms with Gasteiger partial charge in [-0.1, -0.05) is 38.2 Å². The Hall–Kier alpha value is -1.33. The summed E-state index contributed by atoms with van der Waals surface area (Å²) in [6.07, 6.45) is 11.4. The molecule has 0 bridgehead atoms. The first-order valence-electron chi connectivity index (χ1n) is 7.82. The molecule has 1 atom stereocenters. The van der Waals surface area contributed by atoms with Gasteiger partial charge in [0.2, 0.25) is 0 Å². The van der Waals surface area contributed by atoms with Gasteiger partial charge in [0, 0.05) is 6.04 Å². The van der Waals surface area contributed by atoms with Crippen molar-refractivity contribution in [3.8, 4) is 0 Å². The molecule has 0 spiro atoms. The summed E-state index contributed by atoms with van der Waals surface area (Å²) in [5.41, 5.74) is 4.99. The summed E-state index contributed by atoms with van der Waals surface area (Å²) in [5, 5.41) is 11.7. The molecule has 5 nitrogen and oxygen atoms in total. The van der Waals surface area contributed by atoms with E-state index >= 15 is 0 Å². The van der Waals surface area contributed by atoms with Crippen molar-refractivity contribution >= 4 is 6.03 Å². The molecule has 0 radical (unpaired) electrons. The zero-order chi connectivity index (χ0) is 16.1. The number of nitrogens with one attached hydrogen (secondary N) is 1. The largest absolute Gasteiger partial charge is 0.389 e. The molecule has 1 unspecified atom stereocenters. The van der Waals surface area contributed by atoms with Crippen LogP contribution in [0.2, 0.25) is 0 Å². The highest BCUT2D eigenvalue weighted by molar-refractivity contribution is 5.71. The van der Waals surface area contributed by atoms with Gasteiger partial charge in [-0.2, -0.15) is 0 Å². The highest BCUT2D eigenvalue weighted by atomic mass is 16.3. The van der Waals surface area contributed by atoms with Crippen molar-refractivity contribution in [2.45, 2.75) is 51.7 Å². The molecule has 4 N–H and O–H groups in total. The number of piperidine rings is 1. The molecule has 2 amide bonds. The summed E-state index contributed by atoms with van der Waals surface area (Å²) in [5.74, 6) is 0. The van der Waals surface area contributed by atoms with Crippen molar-refractivity contribution in [2.24, 2.45) is 5.73 Å². The number of aliphatic hydroxyl groups is 1. The number of amides is 2. The maximum atomic E-state index is 10.4. The second-order valence-electron chi connectivity index (χ2n) is 5.02. The monoisotopic (exact) mass is 297 g/mol. The van der Waals surface area contributed by atoms with Gasteiger partial charge in [0.25, 0.3) is 0 Å². The fourth-order valence-electron chi connectivity index (χ4n) is 2.08. The summed E-state index contributed by atoms with van der Waals surface area (Å²) in [7, 11) is 2.08. The number of urea groups is 1. The van der Waals surface area contributed by atoms with Gasteiger partial charge in [-0.15, -0.1) is 0 Å². The second-order valence-corrected chi connectivity index (χ2v) is 5.02. The molecule has 1 aliphatic carbocycles. The Morgan fingerprint density at radius 3 is 2.43 bits per heavy atom. The van der Waals surface area contributed by atoms with Gasteiger partial charge in [-0.05, 0) is 45.8 Å². The Kier molecular flexibility index (Phi) is 11.6. The van der Waals surface area contributed by atoms with Crippen molar-refractivity contribution in [2.75, 3.05) is 20.1 Å². The second kappa shape index (κ2) is 12.4. The zero-order valence-corrected chi connectivity index (χ0v) is 13.6.